The van der Waals surface area contributed by atoms with Crippen LogP contribution in [-0.2, 0) is 0 Å². The maximum Gasteiger partial charge on any atom is 0.154 e. The number of hydrogen-bond acceptors (Lipinski definition) is 4. The summed E-state index contributed by atoms with van der Waals surface area (Å²) in [5.74, 6) is 0.950. The fraction of sp³-hybridized carbons (Fsp3) is 0.211. The van der Waals surface area contributed by atoms with Crippen molar-refractivity contribution in [1.82, 2.24) is 19.6 Å². The van der Waals surface area contributed by atoms with Crippen molar-refractivity contribution in [1.29, 1.82) is 0 Å². The molecule has 0 amide bonds. The van der Waals surface area contributed by atoms with Gasteiger partial charge in [-0.05, 0) is 30.0 Å². The van der Waals surface area contributed by atoms with Crippen molar-refractivity contribution < 1.29 is 0 Å². The number of anilines is 1. The number of imidazole rings is 1. The number of pyridine rings is 1. The third kappa shape index (κ3) is 2.38. The van der Waals surface area contributed by atoms with Crippen LogP contribution in [0.2, 0.25) is 0 Å². The molecule has 0 radical (unpaired) electrons. The van der Waals surface area contributed by atoms with Gasteiger partial charge in [-0.15, -0.1) is 5.10 Å². The first-order valence-electron chi connectivity index (χ1n) is 8.17. The maximum atomic E-state index is 4.80. The summed E-state index contributed by atoms with van der Waals surface area (Å²) in [5.41, 5.74) is 2.96. The van der Waals surface area contributed by atoms with Gasteiger partial charge in [-0.1, -0.05) is 25.1 Å². The van der Waals surface area contributed by atoms with Gasteiger partial charge in [-0.25, -0.2) is 9.50 Å². The van der Waals surface area contributed by atoms with Gasteiger partial charge < -0.3 is 4.90 Å². The number of benzene rings is 1. The summed E-state index contributed by atoms with van der Waals surface area (Å²) in [4.78, 5) is 10.9. The third-order valence-electron chi connectivity index (χ3n) is 4.26. The Kier molecular flexibility index (Phi) is 3.61. The van der Waals surface area contributed by atoms with Gasteiger partial charge in [-0.3, -0.25) is 4.98 Å². The van der Waals surface area contributed by atoms with Crippen LogP contribution in [0.25, 0.3) is 27.7 Å². The molecule has 0 unspecified atom stereocenters. The van der Waals surface area contributed by atoms with Crippen molar-refractivity contribution in [2.24, 2.45) is 0 Å². The van der Waals surface area contributed by atoms with Gasteiger partial charge in [0.05, 0.1) is 11.9 Å². The SMILES string of the molecule is CCCN(C)c1ccc2ncc(-c3cccc4cnccc34)n2n1. The molecule has 24 heavy (non-hydrogen) atoms. The van der Waals surface area contributed by atoms with Gasteiger partial charge in [-0.2, -0.15) is 0 Å². The molecule has 120 valence electrons. The second kappa shape index (κ2) is 5.92. The van der Waals surface area contributed by atoms with Crippen molar-refractivity contribution in [2.75, 3.05) is 18.5 Å². The zero-order valence-corrected chi connectivity index (χ0v) is 13.8. The Balaban J connectivity index is 1.91. The standard InChI is InChI=1S/C19H19N5/c1-3-11-23(2)19-8-7-18-21-13-17(24(18)22-19)16-6-4-5-14-12-20-10-9-15(14)16/h4-10,12-13H,3,11H2,1-2H3. The lowest BCUT2D eigenvalue weighted by atomic mass is 10.0. The van der Waals surface area contributed by atoms with Crippen molar-refractivity contribution in [2.45, 2.75) is 13.3 Å². The smallest absolute Gasteiger partial charge is 0.154 e. The second-order valence-electron chi connectivity index (χ2n) is 5.93. The number of hydrogen-bond donors (Lipinski definition) is 0. The summed E-state index contributed by atoms with van der Waals surface area (Å²) in [5, 5.41) is 7.07. The minimum Gasteiger partial charge on any atom is -0.358 e. The Labute approximate surface area is 140 Å². The molecular formula is C19H19N5. The van der Waals surface area contributed by atoms with E-state index in [0.717, 1.165) is 46.5 Å². The second-order valence-corrected chi connectivity index (χ2v) is 5.93. The number of nitrogens with zero attached hydrogens (tertiary/aromatic N) is 5. The van der Waals surface area contributed by atoms with Crippen molar-refractivity contribution in [3.8, 4) is 11.3 Å². The highest BCUT2D eigenvalue weighted by molar-refractivity contribution is 5.95. The summed E-state index contributed by atoms with van der Waals surface area (Å²) in [7, 11) is 2.07. The maximum absolute atomic E-state index is 4.80. The number of rotatable bonds is 4. The quantitative estimate of drug-likeness (QED) is 0.574. The van der Waals surface area contributed by atoms with E-state index in [9.17, 15) is 0 Å². The van der Waals surface area contributed by atoms with E-state index in [1.54, 1.807) is 0 Å². The molecule has 0 aliphatic heterocycles. The topological polar surface area (TPSA) is 46.3 Å². The van der Waals surface area contributed by atoms with Crippen molar-refractivity contribution >= 4 is 22.2 Å². The lowest BCUT2D eigenvalue weighted by Gasteiger charge is -2.17. The van der Waals surface area contributed by atoms with E-state index in [4.69, 9.17) is 5.10 Å². The Hall–Kier alpha value is -2.95. The molecule has 3 heterocycles. The zero-order valence-electron chi connectivity index (χ0n) is 13.8. The summed E-state index contributed by atoms with van der Waals surface area (Å²) < 4.78 is 1.93. The van der Waals surface area contributed by atoms with E-state index in [1.165, 1.54) is 0 Å². The van der Waals surface area contributed by atoms with Gasteiger partial charge >= 0.3 is 0 Å². The van der Waals surface area contributed by atoms with Crippen molar-refractivity contribution in [3.63, 3.8) is 0 Å². The van der Waals surface area contributed by atoms with E-state index in [-0.39, 0.29) is 0 Å². The van der Waals surface area contributed by atoms with E-state index >= 15 is 0 Å². The van der Waals surface area contributed by atoms with E-state index < -0.39 is 0 Å². The monoisotopic (exact) mass is 317 g/mol. The van der Waals surface area contributed by atoms with Gasteiger partial charge in [0.1, 0.15) is 5.82 Å². The molecule has 0 spiro atoms. The van der Waals surface area contributed by atoms with Crippen LogP contribution in [0.4, 0.5) is 5.82 Å². The normalized spacial score (nSPS) is 11.2. The average molecular weight is 317 g/mol. The predicted molar refractivity (Wildman–Crippen MR) is 97.3 cm³/mol. The summed E-state index contributed by atoms with van der Waals surface area (Å²) in [6, 6.07) is 12.3. The third-order valence-corrected chi connectivity index (χ3v) is 4.26. The minimum absolute atomic E-state index is 0.852. The van der Waals surface area contributed by atoms with E-state index in [2.05, 4.69) is 41.0 Å². The number of aromatic nitrogens is 4. The Morgan fingerprint density at radius 2 is 2.00 bits per heavy atom. The Morgan fingerprint density at radius 1 is 1.08 bits per heavy atom. The molecule has 0 N–H and O–H groups in total. The molecule has 0 atom stereocenters. The molecule has 5 heteroatoms. The van der Waals surface area contributed by atoms with E-state index in [0.29, 0.717) is 0 Å². The molecule has 4 aromatic rings. The van der Waals surface area contributed by atoms with Crippen LogP contribution >= 0.6 is 0 Å². The molecule has 1 aromatic carbocycles. The Bertz CT molecular complexity index is 1000. The van der Waals surface area contributed by atoms with Crippen LogP contribution in [0, 0.1) is 0 Å². The molecule has 0 aliphatic carbocycles. The van der Waals surface area contributed by atoms with Crippen LogP contribution < -0.4 is 4.90 Å². The van der Waals surface area contributed by atoms with Crippen LogP contribution in [0.1, 0.15) is 13.3 Å². The molecule has 4 rings (SSSR count). The van der Waals surface area contributed by atoms with Crippen LogP contribution in [0.15, 0.2) is 55.0 Å². The van der Waals surface area contributed by atoms with Gasteiger partial charge in [0.15, 0.2) is 5.65 Å². The van der Waals surface area contributed by atoms with Crippen LogP contribution in [0.5, 0.6) is 0 Å². The lowest BCUT2D eigenvalue weighted by molar-refractivity contribution is 0.810. The fourth-order valence-corrected chi connectivity index (χ4v) is 3.05. The molecule has 0 saturated heterocycles. The Morgan fingerprint density at radius 3 is 2.88 bits per heavy atom. The average Bonchev–Trinajstić information content (AvgIpc) is 3.04. The van der Waals surface area contributed by atoms with Gasteiger partial charge in [0.2, 0.25) is 0 Å². The first-order valence-corrected chi connectivity index (χ1v) is 8.17. The van der Waals surface area contributed by atoms with Crippen LogP contribution in [-0.4, -0.2) is 33.2 Å². The molecule has 0 saturated carbocycles. The fourth-order valence-electron chi connectivity index (χ4n) is 3.05. The zero-order chi connectivity index (χ0) is 16.5. The summed E-state index contributed by atoms with van der Waals surface area (Å²) >= 11 is 0. The van der Waals surface area contributed by atoms with Crippen molar-refractivity contribution in [3.05, 3.63) is 55.0 Å². The van der Waals surface area contributed by atoms with Gasteiger partial charge in [0, 0.05) is 36.9 Å². The van der Waals surface area contributed by atoms with E-state index in [1.807, 2.05) is 47.4 Å². The predicted octanol–water partition coefficient (Wildman–Crippen LogP) is 3.79. The lowest BCUT2D eigenvalue weighted by Crippen LogP contribution is -2.19. The molecule has 3 aromatic heterocycles. The minimum atomic E-state index is 0.852. The highest BCUT2D eigenvalue weighted by atomic mass is 15.3. The first kappa shape index (κ1) is 14.6. The first-order chi connectivity index (χ1) is 11.8. The largest absolute Gasteiger partial charge is 0.358 e. The summed E-state index contributed by atoms with van der Waals surface area (Å²) in [6.45, 7) is 3.14. The summed E-state index contributed by atoms with van der Waals surface area (Å²) in [6.07, 6.45) is 6.68. The van der Waals surface area contributed by atoms with Crippen LogP contribution in [0.3, 0.4) is 0 Å². The molecule has 0 aliphatic rings. The molecule has 5 nitrogen and oxygen atoms in total. The highest BCUT2D eigenvalue weighted by Gasteiger charge is 2.12. The number of fused-ring (bicyclic) bond motifs is 2. The highest BCUT2D eigenvalue weighted by Crippen LogP contribution is 2.28. The molecule has 0 bridgehead atoms. The molecular weight excluding hydrogens is 298 g/mol. The van der Waals surface area contributed by atoms with Gasteiger partial charge in [0.25, 0.3) is 0 Å². The molecule has 0 fully saturated rings.